The van der Waals surface area contributed by atoms with E-state index in [0.29, 0.717) is 18.1 Å². The van der Waals surface area contributed by atoms with Gasteiger partial charge in [-0.25, -0.2) is 8.42 Å². The molecule has 9 heteroatoms. The van der Waals surface area contributed by atoms with Gasteiger partial charge in [-0.15, -0.1) is 12.4 Å². The number of nitrogens with zero attached hydrogens (tertiary/aromatic N) is 1. The van der Waals surface area contributed by atoms with E-state index in [2.05, 4.69) is 5.32 Å². The largest absolute Gasteiger partial charge is 0.311 e. The molecule has 4 nitrogen and oxygen atoms in total. The molecule has 0 bridgehead atoms. The molecule has 0 aliphatic carbocycles. The van der Waals surface area contributed by atoms with E-state index in [1.807, 2.05) is 13.8 Å². The lowest BCUT2D eigenvalue weighted by atomic mass is 10.1. The molecule has 1 fully saturated rings. The van der Waals surface area contributed by atoms with Crippen LogP contribution in [0.1, 0.15) is 13.8 Å². The topological polar surface area (TPSA) is 49.4 Å². The first kappa shape index (κ1) is 19.3. The molecule has 0 spiro atoms. The van der Waals surface area contributed by atoms with Crippen molar-refractivity contribution in [1.82, 2.24) is 9.62 Å². The molecule has 0 aromatic heterocycles. The van der Waals surface area contributed by atoms with Crippen LogP contribution in [0.25, 0.3) is 0 Å². The summed E-state index contributed by atoms with van der Waals surface area (Å²) in [6, 6.07) is 2.65. The summed E-state index contributed by atoms with van der Waals surface area (Å²) < 4.78 is 27.0. The van der Waals surface area contributed by atoms with Crippen LogP contribution in [0.5, 0.6) is 0 Å². The fourth-order valence-corrected chi connectivity index (χ4v) is 5.46. The molecule has 1 aliphatic rings. The van der Waals surface area contributed by atoms with Crippen LogP contribution >= 0.6 is 47.2 Å². The van der Waals surface area contributed by atoms with Gasteiger partial charge in [0, 0.05) is 30.2 Å². The van der Waals surface area contributed by atoms with Gasteiger partial charge >= 0.3 is 0 Å². The van der Waals surface area contributed by atoms with Gasteiger partial charge in [0.1, 0.15) is 4.90 Å². The Hall–Kier alpha value is 0.250. The zero-order valence-corrected chi connectivity index (χ0v) is 15.3. The van der Waals surface area contributed by atoms with Crippen molar-refractivity contribution in [1.29, 1.82) is 0 Å². The van der Waals surface area contributed by atoms with E-state index in [1.54, 1.807) is 0 Å². The summed E-state index contributed by atoms with van der Waals surface area (Å²) in [5.41, 5.74) is 0. The Kier molecular flexibility index (Phi) is 6.63. The molecule has 1 aliphatic heterocycles. The zero-order valence-electron chi connectivity index (χ0n) is 11.4. The average molecular weight is 394 g/mol. The van der Waals surface area contributed by atoms with Crippen molar-refractivity contribution in [2.45, 2.75) is 30.8 Å². The van der Waals surface area contributed by atoms with E-state index in [0.717, 1.165) is 0 Å². The Balaban J connectivity index is 0.00000220. The minimum atomic E-state index is -3.75. The third kappa shape index (κ3) is 3.78. The van der Waals surface area contributed by atoms with Crippen LogP contribution in [0.3, 0.4) is 0 Å². The summed E-state index contributed by atoms with van der Waals surface area (Å²) in [6.07, 6.45) is 0. The molecule has 120 valence electrons. The second-order valence-corrected chi connectivity index (χ2v) is 7.88. The highest BCUT2D eigenvalue weighted by atomic mass is 35.5. The molecular formula is C12H16Cl4N2O2S. The standard InChI is InChI=1S/C12H15Cl3N2O2S.ClH/c1-7-8(2)17(4-3-16-7)20(18,19)12-10(14)5-9(13)6-11(12)15;/h5-8,16H,3-4H2,1-2H3;1H. The van der Waals surface area contributed by atoms with Crippen LogP contribution in [-0.2, 0) is 10.0 Å². The van der Waals surface area contributed by atoms with Crippen LogP contribution in [0.2, 0.25) is 15.1 Å². The van der Waals surface area contributed by atoms with Gasteiger partial charge in [-0.2, -0.15) is 4.31 Å². The highest BCUT2D eigenvalue weighted by molar-refractivity contribution is 7.89. The highest BCUT2D eigenvalue weighted by Crippen LogP contribution is 2.35. The van der Waals surface area contributed by atoms with Crippen molar-refractivity contribution in [2.24, 2.45) is 0 Å². The van der Waals surface area contributed by atoms with Crippen molar-refractivity contribution in [3.05, 3.63) is 27.2 Å². The number of benzene rings is 1. The third-order valence-corrected chi connectivity index (χ3v) is 6.63. The van der Waals surface area contributed by atoms with Crippen LogP contribution in [0.4, 0.5) is 0 Å². The molecule has 0 saturated carbocycles. The van der Waals surface area contributed by atoms with Gasteiger partial charge in [0.2, 0.25) is 10.0 Å². The fourth-order valence-electron chi connectivity index (χ4n) is 2.26. The number of sulfonamides is 1. The third-order valence-electron chi connectivity index (χ3n) is 3.51. The first-order chi connectivity index (χ1) is 9.25. The van der Waals surface area contributed by atoms with Gasteiger partial charge < -0.3 is 5.32 Å². The molecule has 0 amide bonds. The number of hydrogen-bond acceptors (Lipinski definition) is 3. The lowest BCUT2D eigenvalue weighted by Gasteiger charge is -2.37. The number of rotatable bonds is 2. The SMILES string of the molecule is CC1NCCN(S(=O)(=O)c2c(Cl)cc(Cl)cc2Cl)C1C.Cl. The lowest BCUT2D eigenvalue weighted by Crippen LogP contribution is -2.57. The molecule has 0 radical (unpaired) electrons. The van der Waals surface area contributed by atoms with E-state index < -0.39 is 10.0 Å². The maximum atomic E-state index is 12.8. The number of piperazine rings is 1. The molecule has 21 heavy (non-hydrogen) atoms. The van der Waals surface area contributed by atoms with Gasteiger partial charge in [0.05, 0.1) is 10.0 Å². The number of hydrogen-bond donors (Lipinski definition) is 1. The first-order valence-electron chi connectivity index (χ1n) is 6.15. The second kappa shape index (κ2) is 7.21. The molecule has 1 saturated heterocycles. The second-order valence-electron chi connectivity index (χ2n) is 4.80. The van der Waals surface area contributed by atoms with Crippen LogP contribution in [-0.4, -0.2) is 37.9 Å². The summed E-state index contributed by atoms with van der Waals surface area (Å²) >= 11 is 17.9. The molecule has 1 aromatic carbocycles. The van der Waals surface area contributed by atoms with Crippen molar-refractivity contribution in [2.75, 3.05) is 13.1 Å². The fraction of sp³-hybridized carbons (Fsp3) is 0.500. The van der Waals surface area contributed by atoms with Crippen LogP contribution in [0.15, 0.2) is 17.0 Å². The maximum absolute atomic E-state index is 12.8. The van der Waals surface area contributed by atoms with Crippen LogP contribution in [0, 0.1) is 0 Å². The molecule has 1 heterocycles. The van der Waals surface area contributed by atoms with Crippen LogP contribution < -0.4 is 5.32 Å². The van der Waals surface area contributed by atoms with E-state index >= 15 is 0 Å². The summed E-state index contributed by atoms with van der Waals surface area (Å²) in [7, 11) is -3.75. The maximum Gasteiger partial charge on any atom is 0.246 e. The molecular weight excluding hydrogens is 378 g/mol. The Labute approximate surface area is 146 Å². The predicted octanol–water partition coefficient (Wildman–Crippen LogP) is 3.44. The van der Waals surface area contributed by atoms with Gasteiger partial charge in [0.15, 0.2) is 0 Å². The Morgan fingerprint density at radius 2 is 1.71 bits per heavy atom. The predicted molar refractivity (Wildman–Crippen MR) is 89.5 cm³/mol. The molecule has 1 N–H and O–H groups in total. The Morgan fingerprint density at radius 1 is 1.19 bits per heavy atom. The Morgan fingerprint density at radius 3 is 2.24 bits per heavy atom. The minimum Gasteiger partial charge on any atom is -0.311 e. The van der Waals surface area contributed by atoms with E-state index in [9.17, 15) is 8.42 Å². The Bertz CT molecular complexity index is 601. The molecule has 1 aromatic rings. The molecule has 2 atom stereocenters. The number of halogens is 4. The van der Waals surface area contributed by atoms with E-state index in [4.69, 9.17) is 34.8 Å². The van der Waals surface area contributed by atoms with Gasteiger partial charge in [-0.05, 0) is 26.0 Å². The van der Waals surface area contributed by atoms with Gasteiger partial charge in [-0.3, -0.25) is 0 Å². The molecule has 2 unspecified atom stereocenters. The smallest absolute Gasteiger partial charge is 0.246 e. The van der Waals surface area contributed by atoms with Crippen molar-refractivity contribution in [3.8, 4) is 0 Å². The first-order valence-corrected chi connectivity index (χ1v) is 8.72. The summed E-state index contributed by atoms with van der Waals surface area (Å²) in [5.74, 6) is 0. The number of nitrogens with one attached hydrogen (secondary N) is 1. The van der Waals surface area contributed by atoms with E-state index in [1.165, 1.54) is 16.4 Å². The van der Waals surface area contributed by atoms with Gasteiger partial charge in [0.25, 0.3) is 0 Å². The normalized spacial score (nSPS) is 23.7. The summed E-state index contributed by atoms with van der Waals surface area (Å²) in [4.78, 5) is -0.0776. The van der Waals surface area contributed by atoms with Crippen molar-refractivity contribution < 1.29 is 8.42 Å². The average Bonchev–Trinajstić information content (AvgIpc) is 2.30. The quantitative estimate of drug-likeness (QED) is 0.837. The summed E-state index contributed by atoms with van der Waals surface area (Å²) in [5, 5.41) is 3.62. The molecule has 2 rings (SSSR count). The lowest BCUT2D eigenvalue weighted by molar-refractivity contribution is 0.233. The van der Waals surface area contributed by atoms with Gasteiger partial charge in [-0.1, -0.05) is 34.8 Å². The zero-order chi connectivity index (χ0) is 15.1. The van der Waals surface area contributed by atoms with E-state index in [-0.39, 0.29) is 39.4 Å². The minimum absolute atomic E-state index is 0. The van der Waals surface area contributed by atoms with Crippen molar-refractivity contribution in [3.63, 3.8) is 0 Å². The monoisotopic (exact) mass is 392 g/mol. The summed E-state index contributed by atoms with van der Waals surface area (Å²) in [6.45, 7) is 4.76. The highest BCUT2D eigenvalue weighted by Gasteiger charge is 2.36. The van der Waals surface area contributed by atoms with Crippen molar-refractivity contribution >= 4 is 57.2 Å².